The van der Waals surface area contributed by atoms with Gasteiger partial charge in [-0.25, -0.2) is 4.79 Å². The van der Waals surface area contributed by atoms with Crippen molar-refractivity contribution in [2.45, 2.75) is 26.3 Å². The predicted molar refractivity (Wildman–Crippen MR) is 141 cm³/mol. The van der Waals surface area contributed by atoms with Crippen LogP contribution in [0.15, 0.2) is 67.0 Å². The standard InChI is InChI=1S/C26H31N5O2.C2H4O/c1-28(2)22-16-27-31(18-22)25(32)30-13-11-26(12-14-30)19-29(20-26)17-21-7-6-10-24(15-21)33-23-8-4-3-5-9-23;1-2-3/h3-10,15-16,18H,11-14,17,19-20H2,1-2H3;2H,1H3. The molecule has 5 rings (SSSR count). The van der Waals surface area contributed by atoms with Crippen LogP contribution in [0.4, 0.5) is 10.5 Å². The molecule has 1 aromatic heterocycles. The molecule has 0 saturated carbocycles. The molecule has 0 bridgehead atoms. The number of aldehydes is 1. The quantitative estimate of drug-likeness (QED) is 0.491. The number of anilines is 1. The first-order valence-corrected chi connectivity index (χ1v) is 12.4. The van der Waals surface area contributed by atoms with Crippen molar-refractivity contribution < 1.29 is 14.3 Å². The summed E-state index contributed by atoms with van der Waals surface area (Å²) in [5.41, 5.74) is 2.54. The van der Waals surface area contributed by atoms with Crippen molar-refractivity contribution in [3.8, 4) is 11.5 Å². The maximum absolute atomic E-state index is 12.8. The highest BCUT2D eigenvalue weighted by molar-refractivity contribution is 5.77. The lowest BCUT2D eigenvalue weighted by Gasteiger charge is -2.54. The zero-order valence-corrected chi connectivity index (χ0v) is 21.3. The molecule has 0 aliphatic carbocycles. The van der Waals surface area contributed by atoms with Crippen molar-refractivity contribution >= 4 is 18.0 Å². The number of benzene rings is 2. The van der Waals surface area contributed by atoms with Gasteiger partial charge in [-0.1, -0.05) is 30.3 Å². The third-order valence-corrected chi connectivity index (χ3v) is 6.78. The van der Waals surface area contributed by atoms with Crippen LogP contribution >= 0.6 is 0 Å². The molecule has 190 valence electrons. The third-order valence-electron chi connectivity index (χ3n) is 6.78. The lowest BCUT2D eigenvalue weighted by molar-refractivity contribution is -0.106. The molecule has 3 aromatic rings. The Morgan fingerprint density at radius 1 is 1.06 bits per heavy atom. The molecule has 2 fully saturated rings. The van der Waals surface area contributed by atoms with Crippen LogP contribution < -0.4 is 9.64 Å². The molecule has 0 atom stereocenters. The van der Waals surface area contributed by atoms with Crippen molar-refractivity contribution in [3.05, 3.63) is 72.6 Å². The van der Waals surface area contributed by atoms with Gasteiger partial charge in [-0.05, 0) is 55.0 Å². The van der Waals surface area contributed by atoms with Crippen LogP contribution in [-0.4, -0.2) is 72.2 Å². The first kappa shape index (κ1) is 25.4. The van der Waals surface area contributed by atoms with E-state index >= 15 is 0 Å². The van der Waals surface area contributed by atoms with Crippen LogP contribution in [0, 0.1) is 5.41 Å². The minimum absolute atomic E-state index is 0.0237. The summed E-state index contributed by atoms with van der Waals surface area (Å²) in [6.07, 6.45) is 6.38. The molecule has 8 nitrogen and oxygen atoms in total. The molecule has 2 aliphatic rings. The van der Waals surface area contributed by atoms with E-state index < -0.39 is 0 Å². The Morgan fingerprint density at radius 2 is 1.72 bits per heavy atom. The molecule has 2 aromatic carbocycles. The van der Waals surface area contributed by atoms with E-state index in [9.17, 15) is 4.79 Å². The number of hydrogen-bond acceptors (Lipinski definition) is 6. The zero-order chi connectivity index (χ0) is 25.5. The Hall–Kier alpha value is -3.65. The van der Waals surface area contributed by atoms with Crippen LogP contribution in [0.5, 0.6) is 11.5 Å². The minimum Gasteiger partial charge on any atom is -0.457 e. The average Bonchev–Trinajstić information content (AvgIpc) is 3.35. The minimum atomic E-state index is -0.0237. The lowest BCUT2D eigenvalue weighted by Crippen LogP contribution is -2.60. The normalized spacial score (nSPS) is 16.5. The number of para-hydroxylation sites is 1. The smallest absolute Gasteiger partial charge is 0.344 e. The molecule has 1 spiro atoms. The Labute approximate surface area is 213 Å². The molecule has 0 radical (unpaired) electrons. The second-order valence-corrected chi connectivity index (χ2v) is 9.75. The summed E-state index contributed by atoms with van der Waals surface area (Å²) in [5.74, 6) is 1.73. The monoisotopic (exact) mass is 489 g/mol. The number of carbonyl (C=O) groups is 2. The van der Waals surface area contributed by atoms with Gasteiger partial charge in [0.05, 0.1) is 18.1 Å². The summed E-state index contributed by atoms with van der Waals surface area (Å²) in [4.78, 5) is 28.0. The fourth-order valence-electron chi connectivity index (χ4n) is 4.89. The van der Waals surface area contributed by atoms with Crippen LogP contribution in [-0.2, 0) is 11.3 Å². The highest BCUT2D eigenvalue weighted by Gasteiger charge is 2.45. The van der Waals surface area contributed by atoms with Crippen molar-refractivity contribution in [1.29, 1.82) is 0 Å². The molecule has 0 unspecified atom stereocenters. The van der Waals surface area contributed by atoms with E-state index in [2.05, 4.69) is 28.2 Å². The SMILES string of the molecule is CC=O.CN(C)c1cnn(C(=O)N2CCC3(CC2)CN(Cc2cccc(Oc4ccccc4)c2)C3)c1. The van der Waals surface area contributed by atoms with Gasteiger partial charge < -0.3 is 19.3 Å². The fourth-order valence-corrected chi connectivity index (χ4v) is 4.89. The maximum atomic E-state index is 12.8. The lowest BCUT2D eigenvalue weighted by atomic mass is 9.72. The van der Waals surface area contributed by atoms with E-state index in [1.807, 2.05) is 60.3 Å². The summed E-state index contributed by atoms with van der Waals surface area (Å²) < 4.78 is 7.44. The first-order valence-electron chi connectivity index (χ1n) is 12.4. The van der Waals surface area contributed by atoms with Crippen molar-refractivity contribution in [2.24, 2.45) is 5.41 Å². The number of ether oxygens (including phenoxy) is 1. The molecule has 1 amide bonds. The van der Waals surface area contributed by atoms with Gasteiger partial charge in [0.15, 0.2) is 0 Å². The average molecular weight is 490 g/mol. The maximum Gasteiger partial charge on any atom is 0.344 e. The summed E-state index contributed by atoms with van der Waals surface area (Å²) in [5, 5.41) is 4.24. The molecule has 2 saturated heterocycles. The molecule has 36 heavy (non-hydrogen) atoms. The van der Waals surface area contributed by atoms with E-state index in [4.69, 9.17) is 9.53 Å². The Morgan fingerprint density at radius 3 is 2.36 bits per heavy atom. The number of hydrogen-bond donors (Lipinski definition) is 0. The Bertz CT molecular complexity index is 1140. The number of amides is 1. The van der Waals surface area contributed by atoms with Gasteiger partial charge >= 0.3 is 6.03 Å². The van der Waals surface area contributed by atoms with Crippen LogP contribution in [0.3, 0.4) is 0 Å². The number of rotatable bonds is 5. The molecule has 3 heterocycles. The van der Waals surface area contributed by atoms with Crippen LogP contribution in [0.2, 0.25) is 0 Å². The Kier molecular flexibility index (Phi) is 8.05. The van der Waals surface area contributed by atoms with Gasteiger partial charge in [-0.15, -0.1) is 0 Å². The molecule has 0 N–H and O–H groups in total. The topological polar surface area (TPSA) is 70.9 Å². The van der Waals surface area contributed by atoms with E-state index in [1.165, 1.54) is 17.2 Å². The largest absolute Gasteiger partial charge is 0.457 e. The van der Waals surface area contributed by atoms with E-state index in [-0.39, 0.29) is 6.03 Å². The first-order chi connectivity index (χ1) is 17.4. The number of aromatic nitrogens is 2. The summed E-state index contributed by atoms with van der Waals surface area (Å²) >= 11 is 0. The van der Waals surface area contributed by atoms with Gasteiger partial charge in [0.1, 0.15) is 17.8 Å². The number of carbonyl (C=O) groups excluding carboxylic acids is 2. The van der Waals surface area contributed by atoms with Crippen molar-refractivity contribution in [1.82, 2.24) is 19.6 Å². The van der Waals surface area contributed by atoms with Crippen LogP contribution in [0.25, 0.3) is 0 Å². The second kappa shape index (κ2) is 11.4. The highest BCUT2D eigenvalue weighted by Crippen LogP contribution is 2.41. The second-order valence-electron chi connectivity index (χ2n) is 9.75. The number of likely N-dealkylation sites (tertiary alicyclic amines) is 2. The van der Waals surface area contributed by atoms with Crippen LogP contribution in [0.1, 0.15) is 25.3 Å². The third kappa shape index (κ3) is 6.12. The molecule has 8 heteroatoms. The summed E-state index contributed by atoms with van der Waals surface area (Å²) in [7, 11) is 3.90. The van der Waals surface area contributed by atoms with E-state index in [0.29, 0.717) is 5.41 Å². The van der Waals surface area contributed by atoms with Gasteiger partial charge in [0.2, 0.25) is 0 Å². The molecular formula is C28H35N5O3. The van der Waals surface area contributed by atoms with Gasteiger partial charge in [0, 0.05) is 46.8 Å². The molecule has 2 aliphatic heterocycles. The van der Waals surface area contributed by atoms with E-state index in [0.717, 1.165) is 69.0 Å². The summed E-state index contributed by atoms with van der Waals surface area (Å²) in [6.45, 7) is 6.14. The number of nitrogens with zero attached hydrogens (tertiary/aromatic N) is 5. The van der Waals surface area contributed by atoms with E-state index in [1.54, 1.807) is 12.4 Å². The fraction of sp³-hybridized carbons (Fsp3) is 0.393. The van der Waals surface area contributed by atoms with Crippen molar-refractivity contribution in [3.63, 3.8) is 0 Å². The summed E-state index contributed by atoms with van der Waals surface area (Å²) in [6, 6.07) is 18.2. The molecular weight excluding hydrogens is 454 g/mol. The number of piperidine rings is 1. The Balaban J connectivity index is 0.000000967. The zero-order valence-electron chi connectivity index (χ0n) is 21.3. The predicted octanol–water partition coefficient (Wildman–Crippen LogP) is 4.51. The van der Waals surface area contributed by atoms with Gasteiger partial charge in [-0.3, -0.25) is 4.90 Å². The van der Waals surface area contributed by atoms with Gasteiger partial charge in [0.25, 0.3) is 0 Å². The van der Waals surface area contributed by atoms with Gasteiger partial charge in [-0.2, -0.15) is 9.78 Å². The highest BCUT2D eigenvalue weighted by atomic mass is 16.5. The van der Waals surface area contributed by atoms with Crippen molar-refractivity contribution in [2.75, 3.05) is 45.2 Å².